The van der Waals surface area contributed by atoms with Crippen molar-refractivity contribution in [2.75, 3.05) is 26.0 Å². The third-order valence-electron chi connectivity index (χ3n) is 1.91. The van der Waals surface area contributed by atoms with E-state index in [9.17, 15) is 0 Å². The summed E-state index contributed by atoms with van der Waals surface area (Å²) in [6.45, 7) is 2.92. The molecule has 3 nitrogen and oxygen atoms in total. The molecule has 0 fully saturated rings. The van der Waals surface area contributed by atoms with E-state index in [1.54, 1.807) is 6.07 Å². The van der Waals surface area contributed by atoms with Gasteiger partial charge in [-0.1, -0.05) is 34.8 Å². The molecule has 0 amide bonds. The molecule has 0 spiro atoms. The van der Waals surface area contributed by atoms with Gasteiger partial charge in [-0.2, -0.15) is 0 Å². The molecule has 16 heavy (non-hydrogen) atoms. The van der Waals surface area contributed by atoms with Gasteiger partial charge in [-0.15, -0.1) is 0 Å². The van der Waals surface area contributed by atoms with Crippen molar-refractivity contribution in [3.8, 4) is 0 Å². The number of halogens is 3. The highest BCUT2D eigenvalue weighted by atomic mass is 35.5. The predicted molar refractivity (Wildman–Crippen MR) is 70.9 cm³/mol. The van der Waals surface area contributed by atoms with Crippen LogP contribution < -0.4 is 5.32 Å². The zero-order valence-corrected chi connectivity index (χ0v) is 11.7. The van der Waals surface area contributed by atoms with Gasteiger partial charge in [-0.05, 0) is 27.1 Å². The van der Waals surface area contributed by atoms with Crippen LogP contribution in [0.3, 0.4) is 0 Å². The van der Waals surface area contributed by atoms with Crippen molar-refractivity contribution in [2.24, 2.45) is 0 Å². The Morgan fingerprint density at radius 2 is 1.94 bits per heavy atom. The summed E-state index contributed by atoms with van der Waals surface area (Å²) in [5, 5.41) is 4.27. The largest absolute Gasteiger partial charge is 0.365 e. The highest BCUT2D eigenvalue weighted by Gasteiger charge is 2.10. The van der Waals surface area contributed by atoms with Gasteiger partial charge >= 0.3 is 0 Å². The van der Waals surface area contributed by atoms with Gasteiger partial charge in [0.05, 0.1) is 10.0 Å². The summed E-state index contributed by atoms with van der Waals surface area (Å²) >= 11 is 17.6. The molecule has 0 saturated heterocycles. The first-order valence-corrected chi connectivity index (χ1v) is 5.96. The van der Waals surface area contributed by atoms with E-state index < -0.39 is 0 Å². The second-order valence-electron chi connectivity index (χ2n) is 3.90. The van der Waals surface area contributed by atoms with Crippen molar-refractivity contribution >= 4 is 40.6 Å². The quantitative estimate of drug-likeness (QED) is 0.858. The minimum Gasteiger partial charge on any atom is -0.365 e. The molecule has 0 bridgehead atoms. The average Bonchev–Trinajstić information content (AvgIpc) is 2.12. The van der Waals surface area contributed by atoms with Crippen LogP contribution in [0.25, 0.3) is 0 Å². The van der Waals surface area contributed by atoms with Crippen molar-refractivity contribution in [3.05, 3.63) is 21.3 Å². The van der Waals surface area contributed by atoms with Crippen molar-refractivity contribution in [1.82, 2.24) is 9.88 Å². The van der Waals surface area contributed by atoms with Crippen LogP contribution in [0.4, 0.5) is 5.82 Å². The minimum absolute atomic E-state index is 0.220. The topological polar surface area (TPSA) is 28.2 Å². The van der Waals surface area contributed by atoms with Gasteiger partial charge in [0.25, 0.3) is 0 Å². The number of likely N-dealkylation sites (N-methyl/N-ethyl adjacent to an activating group) is 1. The zero-order valence-electron chi connectivity index (χ0n) is 9.39. The van der Waals surface area contributed by atoms with Crippen molar-refractivity contribution in [1.29, 1.82) is 0 Å². The molecule has 0 aliphatic rings. The Morgan fingerprint density at radius 1 is 1.31 bits per heavy atom. The van der Waals surface area contributed by atoms with Gasteiger partial charge < -0.3 is 10.2 Å². The molecule has 1 N–H and O–H groups in total. The van der Waals surface area contributed by atoms with Crippen molar-refractivity contribution in [3.63, 3.8) is 0 Å². The lowest BCUT2D eigenvalue weighted by Crippen LogP contribution is -2.30. The first kappa shape index (κ1) is 13.8. The van der Waals surface area contributed by atoms with Crippen LogP contribution in [-0.2, 0) is 0 Å². The molecule has 1 rings (SSSR count). The molecule has 1 atom stereocenters. The fourth-order valence-electron chi connectivity index (χ4n) is 1.37. The SMILES string of the molecule is CC(CN(C)C)Nc1nc(Cl)c(Cl)cc1Cl. The third-order valence-corrected chi connectivity index (χ3v) is 2.87. The molecule has 0 radical (unpaired) electrons. The molecule has 1 heterocycles. The van der Waals surface area contributed by atoms with E-state index in [0.29, 0.717) is 15.9 Å². The maximum Gasteiger partial charge on any atom is 0.150 e. The van der Waals surface area contributed by atoms with E-state index in [0.717, 1.165) is 6.54 Å². The Balaban J connectivity index is 2.77. The van der Waals surface area contributed by atoms with E-state index in [4.69, 9.17) is 34.8 Å². The normalized spacial score (nSPS) is 12.9. The summed E-state index contributed by atoms with van der Waals surface area (Å²) in [5.41, 5.74) is 0. The summed E-state index contributed by atoms with van der Waals surface area (Å²) < 4.78 is 0. The van der Waals surface area contributed by atoms with Crippen LogP contribution in [0.2, 0.25) is 15.2 Å². The molecule has 6 heteroatoms. The predicted octanol–water partition coefficient (Wildman–Crippen LogP) is 3.40. The number of nitrogens with one attached hydrogen (secondary N) is 1. The third kappa shape index (κ3) is 3.98. The molecule has 0 aliphatic heterocycles. The van der Waals surface area contributed by atoms with Crippen LogP contribution in [0.1, 0.15) is 6.92 Å². The Kier molecular flexibility index (Phi) is 5.12. The Morgan fingerprint density at radius 3 is 2.50 bits per heavy atom. The van der Waals surface area contributed by atoms with Gasteiger partial charge in [-0.25, -0.2) is 4.98 Å². The Bertz CT molecular complexity index is 369. The fourth-order valence-corrected chi connectivity index (χ4v) is 1.92. The molecular weight excluding hydrogens is 268 g/mol. The number of hydrogen-bond donors (Lipinski definition) is 1. The first-order chi connectivity index (χ1) is 7.40. The first-order valence-electron chi connectivity index (χ1n) is 4.83. The monoisotopic (exact) mass is 281 g/mol. The molecule has 0 saturated carbocycles. The molecular formula is C10H14Cl3N3. The number of nitrogens with zero attached hydrogens (tertiary/aromatic N) is 2. The van der Waals surface area contributed by atoms with E-state index >= 15 is 0 Å². The zero-order chi connectivity index (χ0) is 12.3. The number of anilines is 1. The van der Waals surface area contributed by atoms with Crippen LogP contribution in [0, 0.1) is 0 Å². The van der Waals surface area contributed by atoms with Crippen molar-refractivity contribution in [2.45, 2.75) is 13.0 Å². The highest BCUT2D eigenvalue weighted by Crippen LogP contribution is 2.29. The molecule has 1 unspecified atom stereocenters. The van der Waals surface area contributed by atoms with Crippen LogP contribution in [-0.4, -0.2) is 36.6 Å². The average molecular weight is 283 g/mol. The number of pyridine rings is 1. The smallest absolute Gasteiger partial charge is 0.150 e. The number of hydrogen-bond acceptors (Lipinski definition) is 3. The van der Waals surface area contributed by atoms with E-state index in [1.807, 2.05) is 21.0 Å². The van der Waals surface area contributed by atoms with Gasteiger partial charge in [0, 0.05) is 12.6 Å². The van der Waals surface area contributed by atoms with E-state index in [-0.39, 0.29) is 11.2 Å². The molecule has 0 aliphatic carbocycles. The number of aromatic nitrogens is 1. The molecule has 90 valence electrons. The van der Waals surface area contributed by atoms with E-state index in [2.05, 4.69) is 15.2 Å². The highest BCUT2D eigenvalue weighted by molar-refractivity contribution is 6.42. The van der Waals surface area contributed by atoms with Crippen molar-refractivity contribution < 1.29 is 0 Å². The Labute approximate surface area is 111 Å². The second kappa shape index (κ2) is 5.92. The Hall–Kier alpha value is -0.220. The summed E-state index contributed by atoms with van der Waals surface area (Å²) in [4.78, 5) is 6.16. The summed E-state index contributed by atoms with van der Waals surface area (Å²) in [6, 6.07) is 1.81. The minimum atomic E-state index is 0.220. The fraction of sp³-hybridized carbons (Fsp3) is 0.500. The van der Waals surface area contributed by atoms with Crippen LogP contribution in [0.5, 0.6) is 0 Å². The lowest BCUT2D eigenvalue weighted by Gasteiger charge is -2.19. The van der Waals surface area contributed by atoms with Gasteiger partial charge in [0.2, 0.25) is 0 Å². The maximum absolute atomic E-state index is 6.00. The van der Waals surface area contributed by atoms with Gasteiger partial charge in [0.1, 0.15) is 11.0 Å². The maximum atomic E-state index is 6.00. The second-order valence-corrected chi connectivity index (χ2v) is 5.07. The molecule has 0 aromatic carbocycles. The lowest BCUT2D eigenvalue weighted by atomic mass is 10.3. The standard InChI is InChI=1S/C10H14Cl3N3/c1-6(5-16(2)3)14-10-8(12)4-7(11)9(13)15-10/h4,6H,5H2,1-3H3,(H,14,15). The number of rotatable bonds is 4. The van der Waals surface area contributed by atoms with Gasteiger partial charge in [0.15, 0.2) is 0 Å². The summed E-state index contributed by atoms with van der Waals surface area (Å²) in [7, 11) is 4.00. The van der Waals surface area contributed by atoms with Gasteiger partial charge in [-0.3, -0.25) is 0 Å². The van der Waals surface area contributed by atoms with Crippen LogP contribution in [0.15, 0.2) is 6.07 Å². The summed E-state index contributed by atoms with van der Waals surface area (Å²) in [5.74, 6) is 0.561. The van der Waals surface area contributed by atoms with Crippen LogP contribution >= 0.6 is 34.8 Å². The lowest BCUT2D eigenvalue weighted by molar-refractivity contribution is 0.392. The van der Waals surface area contributed by atoms with E-state index in [1.165, 1.54) is 0 Å². The molecule has 1 aromatic rings. The summed E-state index contributed by atoms with van der Waals surface area (Å²) in [6.07, 6.45) is 0. The molecule has 1 aromatic heterocycles.